The summed E-state index contributed by atoms with van der Waals surface area (Å²) in [6.45, 7) is 4.35. The summed E-state index contributed by atoms with van der Waals surface area (Å²) in [5, 5.41) is 15.6. The molecule has 0 radical (unpaired) electrons. The van der Waals surface area contributed by atoms with Gasteiger partial charge < -0.3 is 19.9 Å². The van der Waals surface area contributed by atoms with E-state index < -0.39 is 0 Å². The van der Waals surface area contributed by atoms with Crippen molar-refractivity contribution in [1.82, 2.24) is 10.2 Å². The number of halogens is 1. The molecule has 0 unspecified atom stereocenters. The molecule has 2 fully saturated rings. The van der Waals surface area contributed by atoms with Crippen LogP contribution in [0.2, 0.25) is 5.02 Å². The van der Waals surface area contributed by atoms with Crippen LogP contribution in [0.25, 0.3) is 0 Å². The number of piperazine rings is 1. The third-order valence-electron chi connectivity index (χ3n) is 4.55. The lowest BCUT2D eigenvalue weighted by Crippen LogP contribution is -2.52. The van der Waals surface area contributed by atoms with Crippen LogP contribution in [-0.2, 0) is 4.74 Å². The molecule has 1 aromatic carbocycles. The van der Waals surface area contributed by atoms with Crippen LogP contribution in [0.1, 0.15) is 12.8 Å². The molecule has 136 valence electrons. The Morgan fingerprint density at radius 1 is 1.40 bits per heavy atom. The maximum absolute atomic E-state index is 11.3. The zero-order valence-electron chi connectivity index (χ0n) is 13.8. The molecule has 2 aliphatic heterocycles. The molecule has 0 aliphatic carbocycles. The van der Waals surface area contributed by atoms with Crippen molar-refractivity contribution < 1.29 is 9.66 Å². The van der Waals surface area contributed by atoms with Crippen molar-refractivity contribution in [3.8, 4) is 0 Å². The topological polar surface area (TPSA) is 70.9 Å². The molecular weight excluding hydrogens is 364 g/mol. The third kappa shape index (κ3) is 4.50. The second-order valence-electron chi connectivity index (χ2n) is 6.19. The fourth-order valence-electron chi connectivity index (χ4n) is 3.18. The van der Waals surface area contributed by atoms with E-state index in [-0.39, 0.29) is 16.7 Å². The first kappa shape index (κ1) is 18.2. The number of anilines is 1. The van der Waals surface area contributed by atoms with Gasteiger partial charge in [0.05, 0.1) is 11.0 Å². The lowest BCUT2D eigenvalue weighted by Gasteiger charge is -2.37. The first-order chi connectivity index (χ1) is 12.0. The van der Waals surface area contributed by atoms with Crippen LogP contribution in [-0.4, -0.2) is 60.4 Å². The fourth-order valence-corrected chi connectivity index (χ4v) is 3.61. The van der Waals surface area contributed by atoms with E-state index in [1.165, 1.54) is 6.07 Å². The Morgan fingerprint density at radius 3 is 2.80 bits per heavy atom. The van der Waals surface area contributed by atoms with Gasteiger partial charge in [0.15, 0.2) is 5.11 Å². The second-order valence-corrected chi connectivity index (χ2v) is 7.01. The van der Waals surface area contributed by atoms with Crippen LogP contribution in [0.5, 0.6) is 0 Å². The zero-order valence-corrected chi connectivity index (χ0v) is 15.4. The highest BCUT2D eigenvalue weighted by molar-refractivity contribution is 7.80. The van der Waals surface area contributed by atoms with Crippen molar-refractivity contribution in [3.63, 3.8) is 0 Å². The quantitative estimate of drug-likeness (QED) is 0.485. The molecule has 25 heavy (non-hydrogen) atoms. The average molecular weight is 385 g/mol. The molecule has 2 heterocycles. The Morgan fingerprint density at radius 2 is 2.16 bits per heavy atom. The van der Waals surface area contributed by atoms with Crippen molar-refractivity contribution in [2.45, 2.75) is 18.9 Å². The Labute approximate surface area is 157 Å². The predicted molar refractivity (Wildman–Crippen MR) is 101 cm³/mol. The van der Waals surface area contributed by atoms with Crippen molar-refractivity contribution in [1.29, 1.82) is 0 Å². The molecule has 0 saturated carbocycles. The number of rotatable bonds is 4. The summed E-state index contributed by atoms with van der Waals surface area (Å²) in [5.74, 6) is 0. The van der Waals surface area contributed by atoms with Gasteiger partial charge in [-0.25, -0.2) is 0 Å². The molecule has 2 saturated heterocycles. The predicted octanol–water partition coefficient (Wildman–Crippen LogP) is 2.42. The van der Waals surface area contributed by atoms with Crippen molar-refractivity contribution in [3.05, 3.63) is 33.3 Å². The summed E-state index contributed by atoms with van der Waals surface area (Å²) in [4.78, 5) is 15.0. The number of benzene rings is 1. The number of hydrogen-bond acceptors (Lipinski definition) is 5. The molecule has 0 bridgehead atoms. The molecule has 2 aliphatic rings. The minimum atomic E-state index is -0.388. The standard InChI is InChI=1S/C16H21ClN4O3S/c17-12-3-4-14(15(10-12)21(22)23)19-5-7-20(8-6-19)16(25)18-11-13-2-1-9-24-13/h3-4,10,13H,1-2,5-9,11H2,(H,18,25)/t13-/m0/s1. The van der Waals surface area contributed by atoms with Gasteiger partial charge in [0.1, 0.15) is 5.69 Å². The largest absolute Gasteiger partial charge is 0.376 e. The highest BCUT2D eigenvalue weighted by Gasteiger charge is 2.25. The van der Waals surface area contributed by atoms with Gasteiger partial charge in [0.25, 0.3) is 5.69 Å². The average Bonchev–Trinajstić information content (AvgIpc) is 3.13. The normalized spacial score (nSPS) is 20.6. The van der Waals surface area contributed by atoms with E-state index in [1.807, 2.05) is 4.90 Å². The van der Waals surface area contributed by atoms with Gasteiger partial charge in [-0.1, -0.05) is 11.6 Å². The molecule has 3 rings (SSSR count). The second kappa shape index (κ2) is 8.16. The monoisotopic (exact) mass is 384 g/mol. The van der Waals surface area contributed by atoms with Gasteiger partial charge in [0, 0.05) is 50.4 Å². The highest BCUT2D eigenvalue weighted by atomic mass is 35.5. The maximum atomic E-state index is 11.3. The Kier molecular flexibility index (Phi) is 5.93. The van der Waals surface area contributed by atoms with E-state index in [2.05, 4.69) is 10.2 Å². The van der Waals surface area contributed by atoms with Gasteiger partial charge in [-0.15, -0.1) is 0 Å². The zero-order chi connectivity index (χ0) is 17.8. The van der Waals surface area contributed by atoms with Crippen LogP contribution in [0.15, 0.2) is 18.2 Å². The summed E-state index contributed by atoms with van der Waals surface area (Å²) in [7, 11) is 0. The molecule has 0 amide bonds. The third-order valence-corrected chi connectivity index (χ3v) is 5.18. The number of nitro benzene ring substituents is 1. The molecule has 1 atom stereocenters. The Hall–Kier alpha value is -1.64. The molecule has 0 aromatic heterocycles. The van der Waals surface area contributed by atoms with Crippen molar-refractivity contribution >= 4 is 40.3 Å². The molecular formula is C16H21ClN4O3S. The van der Waals surface area contributed by atoms with Crippen LogP contribution in [0, 0.1) is 10.1 Å². The van der Waals surface area contributed by atoms with Gasteiger partial charge in [0.2, 0.25) is 0 Å². The van der Waals surface area contributed by atoms with Gasteiger partial charge in [-0.05, 0) is 37.2 Å². The summed E-state index contributed by atoms with van der Waals surface area (Å²) in [5.41, 5.74) is 0.646. The van der Waals surface area contributed by atoms with Crippen LogP contribution in [0.3, 0.4) is 0 Å². The van der Waals surface area contributed by atoms with Gasteiger partial charge >= 0.3 is 0 Å². The summed E-state index contributed by atoms with van der Waals surface area (Å²) in [6.07, 6.45) is 2.43. The minimum absolute atomic E-state index is 0.0417. The van der Waals surface area contributed by atoms with Crippen molar-refractivity contribution in [2.24, 2.45) is 0 Å². The summed E-state index contributed by atoms with van der Waals surface area (Å²) >= 11 is 11.3. The molecule has 1 N–H and O–H groups in total. The van der Waals surface area contributed by atoms with E-state index in [4.69, 9.17) is 28.6 Å². The maximum Gasteiger partial charge on any atom is 0.294 e. The van der Waals surface area contributed by atoms with E-state index in [0.29, 0.717) is 23.8 Å². The lowest BCUT2D eigenvalue weighted by atomic mass is 10.2. The summed E-state index contributed by atoms with van der Waals surface area (Å²) < 4.78 is 5.59. The summed E-state index contributed by atoms with van der Waals surface area (Å²) in [6, 6.07) is 4.80. The van der Waals surface area contributed by atoms with Gasteiger partial charge in [-0.3, -0.25) is 10.1 Å². The van der Waals surface area contributed by atoms with Crippen LogP contribution < -0.4 is 10.2 Å². The van der Waals surface area contributed by atoms with Gasteiger partial charge in [-0.2, -0.15) is 0 Å². The van der Waals surface area contributed by atoms with E-state index in [1.54, 1.807) is 12.1 Å². The Bertz CT molecular complexity index is 646. The lowest BCUT2D eigenvalue weighted by molar-refractivity contribution is -0.384. The molecule has 7 nitrogen and oxygen atoms in total. The number of thiocarbonyl (C=S) groups is 1. The molecule has 0 spiro atoms. The van der Waals surface area contributed by atoms with E-state index in [9.17, 15) is 10.1 Å². The van der Waals surface area contributed by atoms with Crippen molar-refractivity contribution in [2.75, 3.05) is 44.2 Å². The minimum Gasteiger partial charge on any atom is -0.376 e. The number of nitro groups is 1. The first-order valence-electron chi connectivity index (χ1n) is 8.38. The molecule has 1 aromatic rings. The fraction of sp³-hybridized carbons (Fsp3) is 0.562. The van der Waals surface area contributed by atoms with E-state index in [0.717, 1.165) is 44.2 Å². The number of hydrogen-bond donors (Lipinski definition) is 1. The SMILES string of the molecule is O=[N+]([O-])c1cc(Cl)ccc1N1CCN(C(=S)NC[C@@H]2CCCO2)CC1. The number of nitrogens with zero attached hydrogens (tertiary/aromatic N) is 3. The number of nitrogens with one attached hydrogen (secondary N) is 1. The van der Waals surface area contributed by atoms with E-state index >= 15 is 0 Å². The number of ether oxygens (including phenoxy) is 1. The smallest absolute Gasteiger partial charge is 0.294 e. The first-order valence-corrected chi connectivity index (χ1v) is 9.16. The van der Waals surface area contributed by atoms with Crippen LogP contribution in [0.4, 0.5) is 11.4 Å². The highest BCUT2D eigenvalue weighted by Crippen LogP contribution is 2.31. The molecule has 9 heteroatoms. The van der Waals surface area contributed by atoms with Crippen LogP contribution >= 0.6 is 23.8 Å². The Balaban J connectivity index is 1.55.